The molecule has 1 aromatic heterocycles. The van der Waals surface area contributed by atoms with E-state index in [9.17, 15) is 27.2 Å². The number of nitrogens with one attached hydrogen (secondary N) is 2. The highest BCUT2D eigenvalue weighted by atomic mass is 35.5. The summed E-state index contributed by atoms with van der Waals surface area (Å²) in [7, 11) is 0. The molecule has 0 saturated heterocycles. The molecule has 174 valence electrons. The first-order valence-electron chi connectivity index (χ1n) is 9.82. The molecule has 0 aliphatic carbocycles. The molecule has 0 bridgehead atoms. The van der Waals surface area contributed by atoms with Crippen LogP contribution >= 0.6 is 11.6 Å². The van der Waals surface area contributed by atoms with Crippen molar-refractivity contribution < 1.29 is 31.6 Å². The maximum absolute atomic E-state index is 13.8. The van der Waals surface area contributed by atoms with Gasteiger partial charge in [-0.1, -0.05) is 35.9 Å². The third-order valence-corrected chi connectivity index (χ3v) is 5.37. The number of benzene rings is 3. The van der Waals surface area contributed by atoms with Gasteiger partial charge in [-0.3, -0.25) is 9.59 Å². The van der Waals surface area contributed by atoms with Crippen molar-refractivity contribution >= 4 is 45.8 Å². The van der Waals surface area contributed by atoms with Gasteiger partial charge in [0, 0.05) is 16.6 Å². The summed E-state index contributed by atoms with van der Waals surface area (Å²) in [5.41, 5.74) is -1.66. The van der Waals surface area contributed by atoms with Crippen LogP contribution in [0.3, 0.4) is 0 Å². The standard InChI is InChI=1S/C24H15ClF4N2O3/c1-12-14-6-4-7-17(25)21(14)34-20(12)23(33)31-19-10-9-13(11-16(19)24(27,28)29)30-22(32)15-5-2-3-8-18(15)26/h2-11H,1H3,(H,30,32)(H,31,33). The quantitative estimate of drug-likeness (QED) is 0.301. The van der Waals surface area contributed by atoms with Gasteiger partial charge in [-0.2, -0.15) is 13.2 Å². The van der Waals surface area contributed by atoms with Crippen molar-refractivity contribution in [2.45, 2.75) is 13.1 Å². The minimum atomic E-state index is -4.87. The van der Waals surface area contributed by atoms with Crippen LogP contribution in [0.1, 0.15) is 32.0 Å². The Labute approximate surface area is 195 Å². The van der Waals surface area contributed by atoms with Gasteiger partial charge in [0.05, 0.1) is 21.8 Å². The number of hydrogen-bond donors (Lipinski definition) is 2. The zero-order valence-electron chi connectivity index (χ0n) is 17.4. The first-order chi connectivity index (χ1) is 16.1. The van der Waals surface area contributed by atoms with Crippen LogP contribution in [0, 0.1) is 12.7 Å². The average molecular weight is 491 g/mol. The Kier molecular flexibility index (Phi) is 6.05. The van der Waals surface area contributed by atoms with Gasteiger partial charge < -0.3 is 15.1 Å². The lowest BCUT2D eigenvalue weighted by molar-refractivity contribution is -0.136. The molecule has 0 saturated carbocycles. The van der Waals surface area contributed by atoms with Crippen LogP contribution in [0.2, 0.25) is 5.02 Å². The lowest BCUT2D eigenvalue weighted by atomic mass is 10.1. The number of anilines is 2. The van der Waals surface area contributed by atoms with Gasteiger partial charge in [0.25, 0.3) is 11.8 Å². The lowest BCUT2D eigenvalue weighted by Gasteiger charge is -2.15. The SMILES string of the molecule is Cc1c(C(=O)Nc2ccc(NC(=O)c3ccccc3F)cc2C(F)(F)F)oc2c(Cl)cccc12. The smallest absolute Gasteiger partial charge is 0.418 e. The Bertz CT molecular complexity index is 1430. The number of fused-ring (bicyclic) bond motifs is 1. The molecule has 4 rings (SSSR count). The van der Waals surface area contributed by atoms with Gasteiger partial charge in [0.15, 0.2) is 11.3 Å². The van der Waals surface area contributed by atoms with Gasteiger partial charge in [0.2, 0.25) is 0 Å². The minimum absolute atomic E-state index is 0.187. The molecule has 0 fully saturated rings. The van der Waals surface area contributed by atoms with Crippen molar-refractivity contribution in [2.24, 2.45) is 0 Å². The van der Waals surface area contributed by atoms with Gasteiger partial charge in [-0.25, -0.2) is 4.39 Å². The molecule has 0 aliphatic rings. The average Bonchev–Trinajstić information content (AvgIpc) is 3.12. The molecule has 3 aromatic carbocycles. The second kappa shape index (κ2) is 8.83. The molecule has 34 heavy (non-hydrogen) atoms. The van der Waals surface area contributed by atoms with Crippen LogP contribution in [0.15, 0.2) is 65.1 Å². The number of carbonyl (C=O) groups is 2. The molecule has 5 nitrogen and oxygen atoms in total. The normalized spacial score (nSPS) is 11.5. The second-order valence-corrected chi connectivity index (χ2v) is 7.73. The van der Waals surface area contributed by atoms with E-state index in [1.165, 1.54) is 18.2 Å². The molecule has 4 aromatic rings. The molecule has 2 amide bonds. The molecule has 0 radical (unpaired) electrons. The predicted molar refractivity (Wildman–Crippen MR) is 120 cm³/mol. The number of carbonyl (C=O) groups excluding carboxylic acids is 2. The third-order valence-electron chi connectivity index (χ3n) is 5.07. The Hall–Kier alpha value is -3.85. The van der Waals surface area contributed by atoms with Gasteiger partial charge >= 0.3 is 6.18 Å². The molecule has 10 heteroatoms. The summed E-state index contributed by atoms with van der Waals surface area (Å²) in [5, 5.41) is 5.25. The monoisotopic (exact) mass is 490 g/mol. The fraction of sp³-hybridized carbons (Fsp3) is 0.0833. The van der Waals surface area contributed by atoms with Crippen molar-refractivity contribution in [3.05, 3.63) is 94.0 Å². The molecule has 1 heterocycles. The summed E-state index contributed by atoms with van der Waals surface area (Å²) < 4.78 is 60.5. The van der Waals surface area contributed by atoms with E-state index in [1.807, 2.05) is 0 Å². The van der Waals surface area contributed by atoms with E-state index >= 15 is 0 Å². The predicted octanol–water partition coefficient (Wildman–Crippen LogP) is 7.06. The number of hydrogen-bond acceptors (Lipinski definition) is 3. The topological polar surface area (TPSA) is 71.3 Å². The number of furan rings is 1. The Balaban J connectivity index is 1.64. The van der Waals surface area contributed by atoms with E-state index in [0.29, 0.717) is 17.0 Å². The zero-order valence-corrected chi connectivity index (χ0v) is 18.1. The van der Waals surface area contributed by atoms with Crippen LogP contribution < -0.4 is 10.6 Å². The molecular weight excluding hydrogens is 476 g/mol. The maximum Gasteiger partial charge on any atom is 0.418 e. The van der Waals surface area contributed by atoms with Crippen molar-refractivity contribution in [3.63, 3.8) is 0 Å². The van der Waals surface area contributed by atoms with Crippen LogP contribution in [0.4, 0.5) is 28.9 Å². The molecule has 0 spiro atoms. The van der Waals surface area contributed by atoms with Crippen LogP contribution in [-0.2, 0) is 6.18 Å². The number of alkyl halides is 3. The zero-order chi connectivity index (χ0) is 24.6. The van der Waals surface area contributed by atoms with Crippen LogP contribution in [0.5, 0.6) is 0 Å². The molecule has 2 N–H and O–H groups in total. The molecule has 0 aliphatic heterocycles. The van der Waals surface area contributed by atoms with Crippen LogP contribution in [-0.4, -0.2) is 11.8 Å². The van der Waals surface area contributed by atoms with Gasteiger partial charge in [-0.05, 0) is 43.3 Å². The number of aryl methyl sites for hydroxylation is 1. The largest absolute Gasteiger partial charge is 0.449 e. The van der Waals surface area contributed by atoms with E-state index in [-0.39, 0.29) is 27.6 Å². The molecular formula is C24H15ClF4N2O3. The summed E-state index contributed by atoms with van der Waals surface area (Å²) >= 11 is 6.07. The fourth-order valence-corrected chi connectivity index (χ4v) is 3.63. The second-order valence-electron chi connectivity index (χ2n) is 7.32. The summed E-state index contributed by atoms with van der Waals surface area (Å²) in [6.07, 6.45) is -4.87. The number of rotatable bonds is 4. The van der Waals surface area contributed by atoms with E-state index in [1.54, 1.807) is 25.1 Å². The summed E-state index contributed by atoms with van der Waals surface area (Å²) in [6, 6.07) is 12.7. The minimum Gasteiger partial charge on any atom is -0.449 e. The highest BCUT2D eigenvalue weighted by molar-refractivity contribution is 6.35. The lowest BCUT2D eigenvalue weighted by Crippen LogP contribution is -2.18. The molecule has 0 atom stereocenters. The number of halogens is 5. The fourth-order valence-electron chi connectivity index (χ4n) is 3.41. The van der Waals surface area contributed by atoms with E-state index in [4.69, 9.17) is 16.0 Å². The van der Waals surface area contributed by atoms with E-state index in [0.717, 1.165) is 18.2 Å². The highest BCUT2D eigenvalue weighted by Gasteiger charge is 2.35. The Morgan fingerprint density at radius 3 is 2.35 bits per heavy atom. The summed E-state index contributed by atoms with van der Waals surface area (Å²) in [6.45, 7) is 1.59. The molecule has 0 unspecified atom stereocenters. The third kappa shape index (κ3) is 4.47. The highest BCUT2D eigenvalue weighted by Crippen LogP contribution is 2.37. The number of para-hydroxylation sites is 1. The summed E-state index contributed by atoms with van der Waals surface area (Å²) in [5.74, 6) is -2.83. The Morgan fingerprint density at radius 1 is 0.941 bits per heavy atom. The van der Waals surface area contributed by atoms with E-state index in [2.05, 4.69) is 10.6 Å². The number of amides is 2. The van der Waals surface area contributed by atoms with Crippen LogP contribution in [0.25, 0.3) is 11.0 Å². The first-order valence-corrected chi connectivity index (χ1v) is 10.2. The van der Waals surface area contributed by atoms with Crippen molar-refractivity contribution in [1.82, 2.24) is 0 Å². The first kappa shape index (κ1) is 23.3. The summed E-state index contributed by atoms with van der Waals surface area (Å²) in [4.78, 5) is 25.0. The van der Waals surface area contributed by atoms with Crippen molar-refractivity contribution in [3.8, 4) is 0 Å². The van der Waals surface area contributed by atoms with Crippen molar-refractivity contribution in [1.29, 1.82) is 0 Å². The van der Waals surface area contributed by atoms with Gasteiger partial charge in [-0.15, -0.1) is 0 Å². The van der Waals surface area contributed by atoms with Crippen molar-refractivity contribution in [2.75, 3.05) is 10.6 Å². The van der Waals surface area contributed by atoms with E-state index < -0.39 is 35.1 Å². The Morgan fingerprint density at radius 2 is 1.68 bits per heavy atom. The van der Waals surface area contributed by atoms with Gasteiger partial charge in [0.1, 0.15) is 5.82 Å². The maximum atomic E-state index is 13.8.